The van der Waals surface area contributed by atoms with E-state index in [-0.39, 0.29) is 18.4 Å². The number of carboxylic acid groups (broad SMARTS) is 1. The number of piperidine rings is 1. The number of amides is 3. The number of carboxylic acids is 1. The molecule has 0 radical (unpaired) electrons. The predicted octanol–water partition coefficient (Wildman–Crippen LogP) is 0.0172. The van der Waals surface area contributed by atoms with E-state index in [0.717, 1.165) is 6.42 Å². The van der Waals surface area contributed by atoms with Crippen molar-refractivity contribution in [2.45, 2.75) is 32.7 Å². The standard InChI is InChI=1S/C12H21N3O4/c1-3-13-10(16)7-14-12(19)15-5-4-8(2)6-9(15)11(17)18/h8-9H,3-7H2,1-2H3,(H,13,16)(H,14,19)(H,17,18). The van der Waals surface area contributed by atoms with Crippen LogP contribution >= 0.6 is 0 Å². The van der Waals surface area contributed by atoms with E-state index < -0.39 is 18.0 Å². The van der Waals surface area contributed by atoms with Crippen molar-refractivity contribution in [3.05, 3.63) is 0 Å². The molecule has 0 bridgehead atoms. The summed E-state index contributed by atoms with van der Waals surface area (Å²) in [4.78, 5) is 35.6. The summed E-state index contributed by atoms with van der Waals surface area (Å²) in [6.07, 6.45) is 1.22. The van der Waals surface area contributed by atoms with Crippen molar-refractivity contribution in [3.8, 4) is 0 Å². The van der Waals surface area contributed by atoms with Gasteiger partial charge in [-0.1, -0.05) is 6.92 Å². The van der Waals surface area contributed by atoms with Gasteiger partial charge in [0.2, 0.25) is 5.91 Å². The first-order chi connectivity index (χ1) is 8.95. The van der Waals surface area contributed by atoms with Crippen LogP contribution in [-0.4, -0.2) is 53.6 Å². The molecule has 0 aromatic heterocycles. The molecule has 0 spiro atoms. The molecule has 1 heterocycles. The molecule has 19 heavy (non-hydrogen) atoms. The van der Waals surface area contributed by atoms with Crippen molar-refractivity contribution in [2.24, 2.45) is 5.92 Å². The van der Waals surface area contributed by atoms with Crippen LogP contribution in [0.15, 0.2) is 0 Å². The molecule has 1 aliphatic heterocycles. The summed E-state index contributed by atoms with van der Waals surface area (Å²) in [7, 11) is 0. The minimum Gasteiger partial charge on any atom is -0.480 e. The number of likely N-dealkylation sites (tertiary alicyclic amines) is 1. The average Bonchev–Trinajstić information content (AvgIpc) is 2.36. The van der Waals surface area contributed by atoms with Gasteiger partial charge in [0.1, 0.15) is 6.04 Å². The molecule has 2 atom stereocenters. The highest BCUT2D eigenvalue weighted by molar-refractivity contribution is 5.86. The quantitative estimate of drug-likeness (QED) is 0.671. The molecule has 1 fully saturated rings. The van der Waals surface area contributed by atoms with E-state index in [9.17, 15) is 14.4 Å². The fourth-order valence-electron chi connectivity index (χ4n) is 2.14. The first-order valence-corrected chi connectivity index (χ1v) is 6.49. The van der Waals surface area contributed by atoms with Crippen LogP contribution in [0, 0.1) is 5.92 Å². The summed E-state index contributed by atoms with van der Waals surface area (Å²) < 4.78 is 0. The Morgan fingerprint density at radius 1 is 1.32 bits per heavy atom. The van der Waals surface area contributed by atoms with Gasteiger partial charge in [-0.3, -0.25) is 4.79 Å². The van der Waals surface area contributed by atoms with Crippen molar-refractivity contribution in [1.82, 2.24) is 15.5 Å². The molecule has 1 saturated heterocycles. The molecule has 1 aliphatic rings. The number of aliphatic carboxylic acids is 1. The van der Waals surface area contributed by atoms with Gasteiger partial charge in [-0.15, -0.1) is 0 Å². The lowest BCUT2D eigenvalue weighted by molar-refractivity contribution is -0.143. The first-order valence-electron chi connectivity index (χ1n) is 6.49. The molecule has 108 valence electrons. The van der Waals surface area contributed by atoms with Crippen molar-refractivity contribution in [3.63, 3.8) is 0 Å². The minimum absolute atomic E-state index is 0.134. The summed E-state index contributed by atoms with van der Waals surface area (Å²) in [5.74, 6) is -0.999. The molecule has 3 amide bonds. The zero-order chi connectivity index (χ0) is 14.4. The Morgan fingerprint density at radius 2 is 2.00 bits per heavy atom. The molecule has 7 nitrogen and oxygen atoms in total. The zero-order valence-corrected chi connectivity index (χ0v) is 11.3. The van der Waals surface area contributed by atoms with Crippen LogP contribution in [0.5, 0.6) is 0 Å². The number of nitrogens with one attached hydrogen (secondary N) is 2. The molecule has 1 rings (SSSR count). The van der Waals surface area contributed by atoms with Crippen LogP contribution in [0.3, 0.4) is 0 Å². The molecule has 0 aliphatic carbocycles. The summed E-state index contributed by atoms with van der Waals surface area (Å²) >= 11 is 0. The lowest BCUT2D eigenvalue weighted by atomic mass is 9.93. The zero-order valence-electron chi connectivity index (χ0n) is 11.3. The van der Waals surface area contributed by atoms with Crippen LogP contribution in [0.2, 0.25) is 0 Å². The molecule has 2 unspecified atom stereocenters. The Hall–Kier alpha value is -1.79. The second-order valence-electron chi connectivity index (χ2n) is 4.79. The largest absolute Gasteiger partial charge is 0.480 e. The number of hydrogen-bond acceptors (Lipinski definition) is 3. The van der Waals surface area contributed by atoms with Crippen LogP contribution in [0.1, 0.15) is 26.7 Å². The number of carbonyl (C=O) groups excluding carboxylic acids is 2. The Bertz CT molecular complexity index is 359. The van der Waals surface area contributed by atoms with Gasteiger partial charge in [-0.2, -0.15) is 0 Å². The molecular formula is C12H21N3O4. The first kappa shape index (κ1) is 15.3. The summed E-state index contributed by atoms with van der Waals surface area (Å²) in [5, 5.41) is 14.1. The lowest BCUT2D eigenvalue weighted by Crippen LogP contribution is -2.54. The maximum absolute atomic E-state index is 11.9. The van der Waals surface area contributed by atoms with Crippen LogP contribution in [0.25, 0.3) is 0 Å². The number of urea groups is 1. The Balaban J connectivity index is 2.54. The molecular weight excluding hydrogens is 250 g/mol. The van der Waals surface area contributed by atoms with Gasteiger partial charge in [-0.05, 0) is 25.7 Å². The van der Waals surface area contributed by atoms with Gasteiger partial charge in [0.15, 0.2) is 0 Å². The van der Waals surface area contributed by atoms with Gasteiger partial charge >= 0.3 is 12.0 Å². The maximum Gasteiger partial charge on any atom is 0.326 e. The maximum atomic E-state index is 11.9. The smallest absolute Gasteiger partial charge is 0.326 e. The van der Waals surface area contributed by atoms with Gasteiger partial charge < -0.3 is 20.6 Å². The molecule has 7 heteroatoms. The number of rotatable bonds is 4. The number of hydrogen-bond donors (Lipinski definition) is 3. The van der Waals surface area contributed by atoms with Crippen LogP contribution in [-0.2, 0) is 9.59 Å². The SMILES string of the molecule is CCNC(=O)CNC(=O)N1CCC(C)CC1C(=O)O. The molecule has 0 aromatic carbocycles. The third-order valence-corrected chi connectivity index (χ3v) is 3.18. The van der Waals surface area contributed by atoms with E-state index in [1.54, 1.807) is 6.92 Å². The third-order valence-electron chi connectivity index (χ3n) is 3.18. The molecule has 0 aromatic rings. The highest BCUT2D eigenvalue weighted by Crippen LogP contribution is 2.22. The van der Waals surface area contributed by atoms with Crippen molar-refractivity contribution in [1.29, 1.82) is 0 Å². The van der Waals surface area contributed by atoms with Crippen molar-refractivity contribution in [2.75, 3.05) is 19.6 Å². The monoisotopic (exact) mass is 271 g/mol. The minimum atomic E-state index is -1.00. The van der Waals surface area contributed by atoms with Crippen molar-refractivity contribution < 1.29 is 19.5 Å². The highest BCUT2D eigenvalue weighted by Gasteiger charge is 2.34. The fraction of sp³-hybridized carbons (Fsp3) is 0.750. The molecule has 3 N–H and O–H groups in total. The lowest BCUT2D eigenvalue weighted by Gasteiger charge is -2.35. The van der Waals surface area contributed by atoms with E-state index >= 15 is 0 Å². The van der Waals surface area contributed by atoms with Gasteiger partial charge in [0.25, 0.3) is 0 Å². The topological polar surface area (TPSA) is 98.7 Å². The number of likely N-dealkylation sites (N-methyl/N-ethyl adjacent to an activating group) is 1. The van der Waals surface area contributed by atoms with E-state index in [4.69, 9.17) is 5.11 Å². The predicted molar refractivity (Wildman–Crippen MR) is 68.6 cm³/mol. The Kier molecular flexibility index (Phi) is 5.59. The van der Waals surface area contributed by atoms with Gasteiger partial charge in [-0.25, -0.2) is 9.59 Å². The van der Waals surface area contributed by atoms with Gasteiger partial charge in [0, 0.05) is 13.1 Å². The van der Waals surface area contributed by atoms with Crippen molar-refractivity contribution >= 4 is 17.9 Å². The highest BCUT2D eigenvalue weighted by atomic mass is 16.4. The summed E-state index contributed by atoms with van der Waals surface area (Å²) in [6, 6.07) is -1.30. The molecule has 0 saturated carbocycles. The fourth-order valence-corrected chi connectivity index (χ4v) is 2.14. The second kappa shape index (κ2) is 6.96. The Labute approximate surface area is 112 Å². The van der Waals surface area contributed by atoms with E-state index in [1.165, 1.54) is 4.90 Å². The second-order valence-corrected chi connectivity index (χ2v) is 4.79. The third kappa shape index (κ3) is 4.42. The Morgan fingerprint density at radius 3 is 2.58 bits per heavy atom. The number of carbonyl (C=O) groups is 3. The number of nitrogens with zero attached hydrogens (tertiary/aromatic N) is 1. The average molecular weight is 271 g/mol. The summed E-state index contributed by atoms with van der Waals surface area (Å²) in [5.41, 5.74) is 0. The summed E-state index contributed by atoms with van der Waals surface area (Å²) in [6.45, 7) is 4.52. The van der Waals surface area contributed by atoms with E-state index in [1.807, 2.05) is 6.92 Å². The van der Waals surface area contributed by atoms with Crippen LogP contribution in [0.4, 0.5) is 4.79 Å². The van der Waals surface area contributed by atoms with Gasteiger partial charge in [0.05, 0.1) is 6.54 Å². The normalized spacial score (nSPS) is 22.7. The van der Waals surface area contributed by atoms with E-state index in [0.29, 0.717) is 19.5 Å². The van der Waals surface area contributed by atoms with E-state index in [2.05, 4.69) is 10.6 Å². The van der Waals surface area contributed by atoms with Crippen LogP contribution < -0.4 is 10.6 Å².